The maximum Gasteiger partial charge on any atom is 0.270 e. The van der Waals surface area contributed by atoms with Gasteiger partial charge >= 0.3 is 0 Å². The van der Waals surface area contributed by atoms with E-state index in [9.17, 15) is 4.79 Å². The van der Waals surface area contributed by atoms with E-state index in [-0.39, 0.29) is 18.0 Å². The highest BCUT2D eigenvalue weighted by molar-refractivity contribution is 6.43. The number of aliphatic imine (C=N–C) groups is 1. The lowest BCUT2D eigenvalue weighted by Crippen LogP contribution is -2.33. The minimum Gasteiger partial charge on any atom is -0.340 e. The Morgan fingerprint density at radius 1 is 1.11 bits per heavy atom. The summed E-state index contributed by atoms with van der Waals surface area (Å²) in [5.74, 6) is 5.84. The Kier molecular flexibility index (Phi) is 19.1. The number of allylic oxidation sites excluding steroid dienone is 4. The maximum atomic E-state index is 12.8. The quantitative estimate of drug-likeness (QED) is 0.147. The first kappa shape index (κ1) is 35.7. The smallest absolute Gasteiger partial charge is 0.270 e. The van der Waals surface area contributed by atoms with E-state index in [2.05, 4.69) is 55.4 Å². The molecule has 1 aromatic rings. The fourth-order valence-electron chi connectivity index (χ4n) is 2.67. The molecule has 0 fully saturated rings. The van der Waals surface area contributed by atoms with Crippen molar-refractivity contribution in [2.24, 2.45) is 16.6 Å². The van der Waals surface area contributed by atoms with Gasteiger partial charge in [0.1, 0.15) is 5.71 Å². The van der Waals surface area contributed by atoms with Crippen molar-refractivity contribution in [3.8, 4) is 11.8 Å². The number of nitrogens with zero attached hydrogens (tertiary/aromatic N) is 1. The van der Waals surface area contributed by atoms with Crippen LogP contribution in [0.15, 0.2) is 84.6 Å². The predicted octanol–water partition coefficient (Wildman–Crippen LogP) is 7.97. The van der Waals surface area contributed by atoms with Gasteiger partial charge in [0.05, 0.1) is 6.04 Å². The molecule has 3 N–H and O–H groups in total. The molecule has 3 atom stereocenters. The first-order valence-electron chi connectivity index (χ1n) is 12.9. The Labute approximate surface area is 227 Å². The van der Waals surface area contributed by atoms with E-state index in [0.717, 1.165) is 34.3 Å². The summed E-state index contributed by atoms with van der Waals surface area (Å²) in [5.41, 5.74) is 11.3. The lowest BCUT2D eigenvalue weighted by Gasteiger charge is -2.16. The third-order valence-electron chi connectivity index (χ3n) is 5.36. The van der Waals surface area contributed by atoms with E-state index < -0.39 is 0 Å². The van der Waals surface area contributed by atoms with Gasteiger partial charge in [0.25, 0.3) is 5.91 Å². The van der Waals surface area contributed by atoms with E-state index in [0.29, 0.717) is 17.3 Å². The molecule has 2 unspecified atom stereocenters. The zero-order chi connectivity index (χ0) is 29.1. The van der Waals surface area contributed by atoms with Gasteiger partial charge in [0.15, 0.2) is 0 Å². The molecule has 4 heteroatoms. The number of hydrogen-bond acceptors (Lipinski definition) is 3. The molecule has 0 aliphatic carbocycles. The topological polar surface area (TPSA) is 67.5 Å². The van der Waals surface area contributed by atoms with E-state index in [1.54, 1.807) is 19.1 Å². The second-order valence-corrected chi connectivity index (χ2v) is 8.65. The van der Waals surface area contributed by atoms with Gasteiger partial charge in [-0.15, -0.1) is 12.5 Å². The molecular weight excluding hydrogens is 454 g/mol. The SMILES string of the molecule is C=C[C@H](NC(=O)C(/C=C(\C)C(=C)C)=NC(=C)C)c1ccc(C(=C)CC)cc1.CC.CC#CC(C)C(C)N. The summed E-state index contributed by atoms with van der Waals surface area (Å²) in [6.45, 7) is 33.0. The number of rotatable bonds is 10. The summed E-state index contributed by atoms with van der Waals surface area (Å²) in [5, 5.41) is 2.97. The van der Waals surface area contributed by atoms with Crippen LogP contribution in [0.4, 0.5) is 0 Å². The molecule has 0 bridgehead atoms. The summed E-state index contributed by atoms with van der Waals surface area (Å²) >= 11 is 0. The standard InChI is InChI=1S/C24H30N2O.C7H13N.C2H6/c1-9-18(7)20-11-13-21(14-12-20)22(10-2)26-24(27)23(25-17(5)6)15-19(8)16(3)4;1-4-5-6(2)7(3)8;1-2/h10-15,22H,2-3,5,7,9H2,1,4,6,8H3,(H,26,27);6-7H,8H2,1-3H3;1-2H3/b19-15+,25-23?;;/t22-;;/m0../s1. The number of amides is 1. The molecule has 0 radical (unpaired) electrons. The highest BCUT2D eigenvalue weighted by atomic mass is 16.1. The fraction of sp³-hybridized carbons (Fsp3) is 0.394. The Bertz CT molecular complexity index is 1030. The zero-order valence-corrected chi connectivity index (χ0v) is 24.7. The largest absolute Gasteiger partial charge is 0.340 e. The van der Waals surface area contributed by atoms with Crippen LogP contribution < -0.4 is 11.1 Å². The van der Waals surface area contributed by atoms with Crippen molar-refractivity contribution in [1.82, 2.24) is 5.32 Å². The molecule has 0 heterocycles. The van der Waals surface area contributed by atoms with Crippen LogP contribution in [0.5, 0.6) is 0 Å². The molecule has 1 aromatic carbocycles. The van der Waals surface area contributed by atoms with Crippen molar-refractivity contribution in [2.75, 3.05) is 0 Å². The van der Waals surface area contributed by atoms with E-state index >= 15 is 0 Å². The average molecular weight is 504 g/mol. The average Bonchev–Trinajstić information content (AvgIpc) is 2.87. The summed E-state index contributed by atoms with van der Waals surface area (Å²) in [6.07, 6.45) is 4.33. The van der Waals surface area contributed by atoms with Crippen molar-refractivity contribution in [3.63, 3.8) is 0 Å². The van der Waals surface area contributed by atoms with Crippen LogP contribution in [0.1, 0.15) is 85.9 Å². The van der Waals surface area contributed by atoms with Gasteiger partial charge in [-0.3, -0.25) is 4.79 Å². The van der Waals surface area contributed by atoms with Gasteiger partial charge in [0, 0.05) is 17.7 Å². The molecule has 0 aromatic heterocycles. The summed E-state index contributed by atoms with van der Waals surface area (Å²) in [7, 11) is 0. The van der Waals surface area contributed by atoms with Crippen molar-refractivity contribution in [1.29, 1.82) is 0 Å². The monoisotopic (exact) mass is 503 g/mol. The number of nitrogens with two attached hydrogens (primary N) is 1. The Balaban J connectivity index is 0. The molecule has 0 aliphatic heterocycles. The molecule has 1 amide bonds. The lowest BCUT2D eigenvalue weighted by molar-refractivity contribution is -0.115. The Morgan fingerprint density at radius 2 is 1.65 bits per heavy atom. The van der Waals surface area contributed by atoms with Crippen LogP contribution in [0.3, 0.4) is 0 Å². The molecular formula is C33H49N3O. The molecule has 0 saturated heterocycles. The Hall–Kier alpha value is -3.42. The third kappa shape index (κ3) is 14.7. The summed E-state index contributed by atoms with van der Waals surface area (Å²) < 4.78 is 0. The highest BCUT2D eigenvalue weighted by Gasteiger charge is 2.16. The summed E-state index contributed by atoms with van der Waals surface area (Å²) in [6, 6.07) is 7.86. The van der Waals surface area contributed by atoms with E-state index in [4.69, 9.17) is 5.73 Å². The first-order chi connectivity index (χ1) is 17.4. The van der Waals surface area contributed by atoms with Crippen molar-refractivity contribution in [2.45, 2.75) is 80.8 Å². The van der Waals surface area contributed by atoms with Crippen LogP contribution in [-0.2, 0) is 4.79 Å². The van der Waals surface area contributed by atoms with Crippen molar-refractivity contribution >= 4 is 17.2 Å². The van der Waals surface area contributed by atoms with Gasteiger partial charge < -0.3 is 11.1 Å². The van der Waals surface area contributed by atoms with Gasteiger partial charge in [0.2, 0.25) is 0 Å². The van der Waals surface area contributed by atoms with Gasteiger partial charge in [-0.25, -0.2) is 4.99 Å². The van der Waals surface area contributed by atoms with Crippen LogP contribution >= 0.6 is 0 Å². The number of carbonyl (C=O) groups is 1. The molecule has 1 rings (SSSR count). The predicted molar refractivity (Wildman–Crippen MR) is 165 cm³/mol. The number of hydrogen-bond donors (Lipinski definition) is 2. The van der Waals surface area contributed by atoms with Crippen LogP contribution in [0, 0.1) is 17.8 Å². The minimum absolute atomic E-state index is 0.197. The van der Waals surface area contributed by atoms with Crippen molar-refractivity contribution in [3.05, 3.63) is 90.7 Å². The Morgan fingerprint density at radius 3 is 2.00 bits per heavy atom. The molecule has 0 aliphatic rings. The molecule has 0 spiro atoms. The number of carbonyl (C=O) groups excluding carboxylic acids is 1. The first-order valence-corrected chi connectivity index (χ1v) is 12.9. The fourth-order valence-corrected chi connectivity index (χ4v) is 2.67. The molecule has 202 valence electrons. The van der Waals surface area contributed by atoms with Gasteiger partial charge in [-0.05, 0) is 76.3 Å². The molecule has 37 heavy (non-hydrogen) atoms. The second kappa shape index (κ2) is 19.7. The van der Waals surface area contributed by atoms with Crippen molar-refractivity contribution < 1.29 is 4.79 Å². The zero-order valence-electron chi connectivity index (χ0n) is 24.7. The normalized spacial score (nSPS) is 13.0. The van der Waals surface area contributed by atoms with E-state index in [1.165, 1.54) is 0 Å². The minimum atomic E-state index is -0.324. The van der Waals surface area contributed by atoms with Crippen LogP contribution in [0.2, 0.25) is 0 Å². The van der Waals surface area contributed by atoms with Crippen LogP contribution in [-0.4, -0.2) is 17.7 Å². The third-order valence-corrected chi connectivity index (χ3v) is 5.36. The second-order valence-electron chi connectivity index (χ2n) is 8.65. The lowest BCUT2D eigenvalue weighted by atomic mass is 10.00. The van der Waals surface area contributed by atoms with Gasteiger partial charge in [-0.1, -0.05) is 82.3 Å². The van der Waals surface area contributed by atoms with Crippen LogP contribution in [0.25, 0.3) is 5.57 Å². The maximum absolute atomic E-state index is 12.8. The highest BCUT2D eigenvalue weighted by Crippen LogP contribution is 2.20. The van der Waals surface area contributed by atoms with Gasteiger partial charge in [-0.2, -0.15) is 0 Å². The molecule has 0 saturated carbocycles. The van der Waals surface area contributed by atoms with E-state index in [1.807, 2.05) is 72.7 Å². The number of benzene rings is 1. The summed E-state index contributed by atoms with van der Waals surface area (Å²) in [4.78, 5) is 17.1. The number of nitrogens with one attached hydrogen (secondary N) is 1. The molecule has 4 nitrogen and oxygen atoms in total.